The first-order valence-corrected chi connectivity index (χ1v) is 6.28. The lowest BCUT2D eigenvalue weighted by atomic mass is 10.2. The Bertz CT molecular complexity index is 286. The summed E-state index contributed by atoms with van der Waals surface area (Å²) in [4.78, 5) is 0. The Hall–Kier alpha value is -0.680. The predicted octanol–water partition coefficient (Wildman–Crippen LogP) is 0.827. The predicted molar refractivity (Wildman–Crippen MR) is 58.5 cm³/mol. The van der Waals surface area contributed by atoms with E-state index in [0.29, 0.717) is 0 Å². The van der Waals surface area contributed by atoms with Crippen molar-refractivity contribution in [2.75, 3.05) is 12.8 Å². The van der Waals surface area contributed by atoms with Crippen LogP contribution >= 0.6 is 0 Å². The van der Waals surface area contributed by atoms with Crippen LogP contribution in [0.2, 0.25) is 0 Å². The zero-order valence-electron chi connectivity index (χ0n) is 8.78. The quantitative estimate of drug-likeness (QED) is 0.765. The Labute approximate surface area is 86.9 Å². The monoisotopic (exact) mass is 215 g/mol. The average molecular weight is 215 g/mol. The van der Waals surface area contributed by atoms with Crippen molar-refractivity contribution in [2.24, 2.45) is 0 Å². The van der Waals surface area contributed by atoms with Crippen molar-refractivity contribution in [3.63, 3.8) is 0 Å². The summed E-state index contributed by atoms with van der Waals surface area (Å²) in [5.41, 5.74) is 1.05. The molecule has 0 fully saturated rings. The molecule has 80 valence electrons. The van der Waals surface area contributed by atoms with Gasteiger partial charge < -0.3 is 5.32 Å². The highest BCUT2D eigenvalue weighted by Gasteiger charge is 2.10. The third-order valence-electron chi connectivity index (χ3n) is 2.27. The molecule has 0 aliphatic rings. The minimum absolute atomic E-state index is 0.181. The molecule has 3 unspecified atom stereocenters. The highest BCUT2D eigenvalue weighted by molar-refractivity contribution is 7.84. The van der Waals surface area contributed by atoms with Crippen LogP contribution in [0, 0.1) is 0 Å². The van der Waals surface area contributed by atoms with E-state index in [0.717, 1.165) is 12.2 Å². The first kappa shape index (κ1) is 11.4. The molecule has 4 nitrogen and oxygen atoms in total. The minimum Gasteiger partial charge on any atom is -0.308 e. The second kappa shape index (κ2) is 5.26. The number of hydrogen-bond acceptors (Lipinski definition) is 3. The largest absolute Gasteiger partial charge is 0.308 e. The molecule has 2 N–H and O–H groups in total. The molecule has 3 atom stereocenters. The summed E-state index contributed by atoms with van der Waals surface area (Å²) < 4.78 is 11.1. The number of hydrogen-bond donors (Lipinski definition) is 2. The van der Waals surface area contributed by atoms with Crippen molar-refractivity contribution in [1.82, 2.24) is 15.5 Å². The van der Waals surface area contributed by atoms with Gasteiger partial charge in [-0.25, -0.2) is 0 Å². The summed E-state index contributed by atoms with van der Waals surface area (Å²) in [5, 5.41) is 10.3. The normalized spacial score (nSPS) is 17.6. The molecule has 0 aliphatic carbocycles. The van der Waals surface area contributed by atoms with Gasteiger partial charge in [0.25, 0.3) is 0 Å². The van der Waals surface area contributed by atoms with Crippen molar-refractivity contribution in [2.45, 2.75) is 25.1 Å². The van der Waals surface area contributed by atoms with Gasteiger partial charge in [-0.05, 0) is 19.9 Å². The lowest BCUT2D eigenvalue weighted by Gasteiger charge is -2.14. The SMILES string of the molecule is CC(NCC(C)S(C)=O)c1ccn[nH]1. The van der Waals surface area contributed by atoms with Crippen LogP contribution in [0.4, 0.5) is 0 Å². The van der Waals surface area contributed by atoms with E-state index >= 15 is 0 Å². The van der Waals surface area contributed by atoms with Gasteiger partial charge in [0.1, 0.15) is 0 Å². The van der Waals surface area contributed by atoms with Crippen molar-refractivity contribution in [3.05, 3.63) is 18.0 Å². The molecule has 14 heavy (non-hydrogen) atoms. The van der Waals surface area contributed by atoms with Gasteiger partial charge in [0.2, 0.25) is 0 Å². The summed E-state index contributed by atoms with van der Waals surface area (Å²) in [6, 6.07) is 2.16. The molecule has 0 bridgehead atoms. The maximum atomic E-state index is 11.1. The number of H-pyrrole nitrogens is 1. The Morgan fingerprint density at radius 2 is 2.36 bits per heavy atom. The first-order chi connectivity index (χ1) is 6.61. The van der Waals surface area contributed by atoms with Gasteiger partial charge in [-0.2, -0.15) is 5.10 Å². The maximum Gasteiger partial charge on any atom is 0.0518 e. The summed E-state index contributed by atoms with van der Waals surface area (Å²) in [7, 11) is -0.762. The average Bonchev–Trinajstić information content (AvgIpc) is 2.66. The Kier molecular flexibility index (Phi) is 4.28. The van der Waals surface area contributed by atoms with E-state index in [1.165, 1.54) is 0 Å². The van der Waals surface area contributed by atoms with Crippen LogP contribution in [0.15, 0.2) is 12.3 Å². The molecule has 1 aromatic rings. The first-order valence-electron chi connectivity index (χ1n) is 4.66. The molecule has 0 radical (unpaired) electrons. The van der Waals surface area contributed by atoms with Crippen LogP contribution in [-0.4, -0.2) is 32.5 Å². The Balaban J connectivity index is 2.35. The number of aromatic nitrogens is 2. The third kappa shape index (κ3) is 3.23. The van der Waals surface area contributed by atoms with Crippen LogP contribution in [0.5, 0.6) is 0 Å². The van der Waals surface area contributed by atoms with Crippen LogP contribution in [0.1, 0.15) is 25.6 Å². The third-order valence-corrected chi connectivity index (χ3v) is 3.57. The van der Waals surface area contributed by atoms with Crippen molar-refractivity contribution >= 4 is 10.8 Å². The van der Waals surface area contributed by atoms with Crippen molar-refractivity contribution in [3.8, 4) is 0 Å². The van der Waals surface area contributed by atoms with E-state index in [1.807, 2.05) is 13.0 Å². The number of nitrogens with zero attached hydrogens (tertiary/aromatic N) is 1. The lowest BCUT2D eigenvalue weighted by Crippen LogP contribution is -2.29. The van der Waals surface area contributed by atoms with Crippen molar-refractivity contribution < 1.29 is 4.21 Å². The fraction of sp³-hybridized carbons (Fsp3) is 0.667. The standard InChI is InChI=1S/C9H17N3OS/c1-7(14(3)13)6-10-8(2)9-4-5-11-12-9/h4-5,7-8,10H,6H2,1-3H3,(H,11,12). The topological polar surface area (TPSA) is 57.8 Å². The molecule has 1 aromatic heterocycles. The summed E-state index contributed by atoms with van der Waals surface area (Å²) >= 11 is 0. The smallest absolute Gasteiger partial charge is 0.0518 e. The van der Waals surface area contributed by atoms with Gasteiger partial charge in [0, 0.05) is 41.1 Å². The van der Waals surface area contributed by atoms with Crippen molar-refractivity contribution in [1.29, 1.82) is 0 Å². The van der Waals surface area contributed by atoms with Crippen LogP contribution in [0.3, 0.4) is 0 Å². The van der Waals surface area contributed by atoms with Gasteiger partial charge >= 0.3 is 0 Å². The maximum absolute atomic E-state index is 11.1. The van der Waals surface area contributed by atoms with Gasteiger partial charge in [-0.1, -0.05) is 0 Å². The van der Waals surface area contributed by atoms with Crippen LogP contribution in [-0.2, 0) is 10.8 Å². The molecule has 1 rings (SSSR count). The Morgan fingerprint density at radius 3 is 2.86 bits per heavy atom. The van der Waals surface area contributed by atoms with E-state index in [1.54, 1.807) is 12.5 Å². The van der Waals surface area contributed by atoms with E-state index < -0.39 is 10.8 Å². The molecule has 0 amide bonds. The summed E-state index contributed by atoms with van der Waals surface area (Å²) in [6.45, 7) is 4.78. The molecule has 0 saturated heterocycles. The molecule has 0 saturated carbocycles. The molecule has 0 aliphatic heterocycles. The highest BCUT2D eigenvalue weighted by atomic mass is 32.2. The number of aromatic amines is 1. The number of nitrogens with one attached hydrogen (secondary N) is 2. The molecular formula is C9H17N3OS. The van der Waals surface area contributed by atoms with Gasteiger partial charge in [-0.3, -0.25) is 9.31 Å². The molecule has 0 aromatic carbocycles. The zero-order valence-corrected chi connectivity index (χ0v) is 9.60. The second-order valence-electron chi connectivity index (χ2n) is 3.45. The van der Waals surface area contributed by atoms with E-state index in [-0.39, 0.29) is 11.3 Å². The van der Waals surface area contributed by atoms with E-state index in [2.05, 4.69) is 22.4 Å². The fourth-order valence-corrected chi connectivity index (χ4v) is 1.41. The zero-order chi connectivity index (χ0) is 10.6. The van der Waals surface area contributed by atoms with Gasteiger partial charge in [-0.15, -0.1) is 0 Å². The number of rotatable bonds is 5. The fourth-order valence-electron chi connectivity index (χ4n) is 1.08. The van der Waals surface area contributed by atoms with Crippen LogP contribution in [0.25, 0.3) is 0 Å². The van der Waals surface area contributed by atoms with Gasteiger partial charge in [0.15, 0.2) is 0 Å². The van der Waals surface area contributed by atoms with E-state index in [4.69, 9.17) is 0 Å². The van der Waals surface area contributed by atoms with E-state index in [9.17, 15) is 4.21 Å². The minimum atomic E-state index is -0.762. The van der Waals surface area contributed by atoms with Crippen LogP contribution < -0.4 is 5.32 Å². The lowest BCUT2D eigenvalue weighted by molar-refractivity contribution is 0.556. The summed E-state index contributed by atoms with van der Waals surface area (Å²) in [5.74, 6) is 0. The van der Waals surface area contributed by atoms with Gasteiger partial charge in [0.05, 0.1) is 5.69 Å². The molecular weight excluding hydrogens is 198 g/mol. The highest BCUT2D eigenvalue weighted by Crippen LogP contribution is 2.07. The molecule has 1 heterocycles. The molecule has 5 heteroatoms. The molecule has 0 spiro atoms. The Morgan fingerprint density at radius 1 is 1.64 bits per heavy atom. The second-order valence-corrected chi connectivity index (χ2v) is 5.25. The summed E-state index contributed by atoms with van der Waals surface area (Å²) in [6.07, 6.45) is 3.46.